The summed E-state index contributed by atoms with van der Waals surface area (Å²) in [5.74, 6) is 3.25. The molecule has 0 saturated carbocycles. The molecule has 18 heavy (non-hydrogen) atoms. The summed E-state index contributed by atoms with van der Waals surface area (Å²) in [4.78, 5) is 4.33. The average Bonchev–Trinajstić information content (AvgIpc) is 3.03. The van der Waals surface area contributed by atoms with Gasteiger partial charge >= 0.3 is 0 Å². The number of nitrogens with one attached hydrogen (secondary N) is 1. The average molecular weight is 276 g/mol. The van der Waals surface area contributed by atoms with Crippen LogP contribution in [0, 0.1) is 5.92 Å². The molecule has 0 bridgehead atoms. The number of hydrogen-bond donors (Lipinski definition) is 1. The van der Waals surface area contributed by atoms with Crippen LogP contribution >= 0.6 is 23.1 Å². The Labute approximate surface area is 116 Å². The van der Waals surface area contributed by atoms with Gasteiger partial charge in [-0.15, -0.1) is 11.3 Å². The molecule has 2 atom stereocenters. The molecule has 0 amide bonds. The summed E-state index contributed by atoms with van der Waals surface area (Å²) in [6.45, 7) is 2.32. The number of hydrogen-bond acceptors (Lipinski definition) is 4. The van der Waals surface area contributed by atoms with E-state index >= 15 is 0 Å². The van der Waals surface area contributed by atoms with Crippen molar-refractivity contribution >= 4 is 28.8 Å². The molecule has 94 valence electrons. The van der Waals surface area contributed by atoms with E-state index < -0.39 is 0 Å². The molecule has 0 aliphatic carbocycles. The van der Waals surface area contributed by atoms with Crippen molar-refractivity contribution in [3.63, 3.8) is 0 Å². The predicted octanol–water partition coefficient (Wildman–Crippen LogP) is 3.97. The van der Waals surface area contributed by atoms with Gasteiger partial charge in [-0.25, -0.2) is 4.98 Å². The summed E-state index contributed by atoms with van der Waals surface area (Å²) < 4.78 is 0. The van der Waals surface area contributed by atoms with Crippen LogP contribution in [0.4, 0.5) is 5.69 Å². The first-order valence-corrected chi connectivity index (χ1v) is 8.20. The number of thioether (sulfide) groups is 1. The van der Waals surface area contributed by atoms with Crippen molar-refractivity contribution in [2.45, 2.75) is 13.0 Å². The van der Waals surface area contributed by atoms with E-state index in [0.717, 1.165) is 10.9 Å². The van der Waals surface area contributed by atoms with E-state index in [1.54, 1.807) is 11.3 Å². The van der Waals surface area contributed by atoms with Gasteiger partial charge in [-0.3, -0.25) is 0 Å². The van der Waals surface area contributed by atoms with Crippen LogP contribution in [0.15, 0.2) is 35.8 Å². The third kappa shape index (κ3) is 2.54. The first-order valence-electron chi connectivity index (χ1n) is 6.17. The molecule has 0 radical (unpaired) electrons. The number of nitrogens with zero attached hydrogens (tertiary/aromatic N) is 1. The molecule has 2 unspecified atom stereocenters. The Bertz CT molecular complexity index is 493. The van der Waals surface area contributed by atoms with E-state index in [9.17, 15) is 0 Å². The SMILES string of the molecule is CC1CSCC1Nc1ccc(-c2nccs2)cc1. The molecule has 0 spiro atoms. The molecule has 2 heterocycles. The Morgan fingerprint density at radius 3 is 2.67 bits per heavy atom. The maximum absolute atomic E-state index is 4.33. The minimum Gasteiger partial charge on any atom is -0.381 e. The Kier molecular flexibility index (Phi) is 3.57. The fourth-order valence-electron chi connectivity index (χ4n) is 2.13. The second-order valence-electron chi connectivity index (χ2n) is 4.68. The van der Waals surface area contributed by atoms with E-state index in [1.807, 2.05) is 23.3 Å². The molecule has 1 aromatic carbocycles. The van der Waals surface area contributed by atoms with Crippen LogP contribution in [-0.2, 0) is 0 Å². The van der Waals surface area contributed by atoms with Crippen molar-refractivity contribution in [3.05, 3.63) is 35.8 Å². The fourth-order valence-corrected chi connectivity index (χ4v) is 4.18. The number of aromatic nitrogens is 1. The van der Waals surface area contributed by atoms with Gasteiger partial charge in [0.1, 0.15) is 5.01 Å². The molecule has 4 heteroatoms. The Morgan fingerprint density at radius 2 is 2.06 bits per heavy atom. The second kappa shape index (κ2) is 5.33. The lowest BCUT2D eigenvalue weighted by Gasteiger charge is -2.17. The van der Waals surface area contributed by atoms with Crippen LogP contribution in [-0.4, -0.2) is 22.5 Å². The largest absolute Gasteiger partial charge is 0.381 e. The molecule has 1 N–H and O–H groups in total. The lowest BCUT2D eigenvalue weighted by molar-refractivity contribution is 0.599. The maximum Gasteiger partial charge on any atom is 0.123 e. The molecular weight excluding hydrogens is 260 g/mol. The quantitative estimate of drug-likeness (QED) is 0.918. The van der Waals surface area contributed by atoms with Gasteiger partial charge in [-0.05, 0) is 35.9 Å². The van der Waals surface area contributed by atoms with Crippen LogP contribution in [0.2, 0.25) is 0 Å². The Morgan fingerprint density at radius 1 is 1.22 bits per heavy atom. The Balaban J connectivity index is 1.71. The molecule has 1 aliphatic rings. The van der Waals surface area contributed by atoms with E-state index in [2.05, 4.69) is 41.5 Å². The third-order valence-corrected chi connectivity index (χ3v) is 5.46. The molecular formula is C14H16N2S2. The third-order valence-electron chi connectivity index (χ3n) is 3.28. The standard InChI is InChI=1S/C14H16N2S2/c1-10-8-17-9-13(10)16-12-4-2-11(3-5-12)14-15-6-7-18-14/h2-7,10,13,16H,8-9H2,1H3. The maximum atomic E-state index is 4.33. The Hall–Kier alpha value is -1.00. The van der Waals surface area contributed by atoms with Crippen molar-refractivity contribution in [1.29, 1.82) is 0 Å². The molecule has 1 aliphatic heterocycles. The van der Waals surface area contributed by atoms with Gasteiger partial charge in [0.15, 0.2) is 0 Å². The fraction of sp³-hybridized carbons (Fsp3) is 0.357. The second-order valence-corrected chi connectivity index (χ2v) is 6.65. The van der Waals surface area contributed by atoms with Crippen LogP contribution in [0.5, 0.6) is 0 Å². The lowest BCUT2D eigenvalue weighted by Crippen LogP contribution is -2.25. The van der Waals surface area contributed by atoms with Gasteiger partial charge in [0.05, 0.1) is 0 Å². The van der Waals surface area contributed by atoms with Gasteiger partial charge in [0.25, 0.3) is 0 Å². The zero-order valence-corrected chi connectivity index (χ0v) is 11.9. The summed E-state index contributed by atoms with van der Waals surface area (Å²) >= 11 is 3.72. The summed E-state index contributed by atoms with van der Waals surface area (Å²) in [6.07, 6.45) is 1.85. The van der Waals surface area contributed by atoms with Crippen molar-refractivity contribution in [1.82, 2.24) is 4.98 Å². The van der Waals surface area contributed by atoms with E-state index in [0.29, 0.717) is 6.04 Å². The summed E-state index contributed by atoms with van der Waals surface area (Å²) in [5, 5.41) is 6.73. The zero-order valence-electron chi connectivity index (χ0n) is 10.3. The topological polar surface area (TPSA) is 24.9 Å². The molecule has 3 rings (SSSR count). The van der Waals surface area contributed by atoms with Gasteiger partial charge < -0.3 is 5.32 Å². The van der Waals surface area contributed by atoms with Crippen LogP contribution in [0.25, 0.3) is 10.6 Å². The highest BCUT2D eigenvalue weighted by Gasteiger charge is 2.23. The van der Waals surface area contributed by atoms with Gasteiger partial charge in [-0.2, -0.15) is 11.8 Å². The molecule has 1 saturated heterocycles. The highest BCUT2D eigenvalue weighted by atomic mass is 32.2. The molecule has 2 aromatic rings. The number of rotatable bonds is 3. The molecule has 1 aromatic heterocycles. The van der Waals surface area contributed by atoms with Crippen LogP contribution < -0.4 is 5.32 Å². The van der Waals surface area contributed by atoms with Crippen molar-refractivity contribution in [2.24, 2.45) is 5.92 Å². The van der Waals surface area contributed by atoms with Crippen LogP contribution in [0.3, 0.4) is 0 Å². The lowest BCUT2D eigenvalue weighted by atomic mass is 10.1. The number of thiazole rings is 1. The first-order chi connectivity index (χ1) is 8.83. The van der Waals surface area contributed by atoms with Gasteiger partial charge in [0.2, 0.25) is 0 Å². The normalized spacial score (nSPS) is 23.2. The van der Waals surface area contributed by atoms with E-state index in [4.69, 9.17) is 0 Å². The van der Waals surface area contributed by atoms with E-state index in [1.165, 1.54) is 22.8 Å². The summed E-state index contributed by atoms with van der Waals surface area (Å²) in [7, 11) is 0. The minimum absolute atomic E-state index is 0.612. The highest BCUT2D eigenvalue weighted by Crippen LogP contribution is 2.28. The predicted molar refractivity (Wildman–Crippen MR) is 81.4 cm³/mol. The summed E-state index contributed by atoms with van der Waals surface area (Å²) in [6, 6.07) is 9.22. The number of benzene rings is 1. The monoisotopic (exact) mass is 276 g/mol. The van der Waals surface area contributed by atoms with Crippen molar-refractivity contribution < 1.29 is 0 Å². The van der Waals surface area contributed by atoms with Crippen molar-refractivity contribution in [2.75, 3.05) is 16.8 Å². The molecule has 2 nitrogen and oxygen atoms in total. The van der Waals surface area contributed by atoms with Crippen molar-refractivity contribution in [3.8, 4) is 10.6 Å². The number of anilines is 1. The van der Waals surface area contributed by atoms with Gasteiger partial charge in [-0.1, -0.05) is 6.92 Å². The minimum atomic E-state index is 0.612. The van der Waals surface area contributed by atoms with E-state index in [-0.39, 0.29) is 0 Å². The highest BCUT2D eigenvalue weighted by molar-refractivity contribution is 7.99. The smallest absolute Gasteiger partial charge is 0.123 e. The van der Waals surface area contributed by atoms with Crippen LogP contribution in [0.1, 0.15) is 6.92 Å². The molecule has 1 fully saturated rings. The zero-order chi connectivity index (χ0) is 12.4. The first kappa shape index (κ1) is 12.1. The van der Waals surface area contributed by atoms with Gasteiger partial charge in [0, 0.05) is 34.6 Å². The summed E-state index contributed by atoms with van der Waals surface area (Å²) in [5.41, 5.74) is 2.42.